The van der Waals surface area contributed by atoms with Crippen molar-refractivity contribution in [1.29, 1.82) is 0 Å². The Hall–Kier alpha value is -2.67. The molecule has 6 nitrogen and oxygen atoms in total. The molecule has 124 valence electrons. The van der Waals surface area contributed by atoms with E-state index in [9.17, 15) is 9.90 Å². The molecule has 2 N–H and O–H groups in total. The van der Waals surface area contributed by atoms with E-state index in [1.807, 2.05) is 26.8 Å². The number of aromatic hydroxyl groups is 1. The largest absolute Gasteiger partial charge is 0.506 e. The lowest BCUT2D eigenvalue weighted by Gasteiger charge is -2.07. The molecule has 2 aromatic heterocycles. The van der Waals surface area contributed by atoms with Gasteiger partial charge in [-0.25, -0.2) is 9.97 Å². The Morgan fingerprint density at radius 1 is 1.33 bits per heavy atom. The summed E-state index contributed by atoms with van der Waals surface area (Å²) in [7, 11) is 0. The first-order valence-corrected chi connectivity index (χ1v) is 8.30. The summed E-state index contributed by atoms with van der Waals surface area (Å²) in [6.45, 7) is 6.08. The highest BCUT2D eigenvalue weighted by molar-refractivity contribution is 7.20. The van der Waals surface area contributed by atoms with Crippen LogP contribution in [0.4, 0.5) is 5.69 Å². The Labute approximate surface area is 143 Å². The van der Waals surface area contributed by atoms with Gasteiger partial charge in [-0.05, 0) is 44.0 Å². The molecule has 24 heavy (non-hydrogen) atoms. The van der Waals surface area contributed by atoms with Crippen LogP contribution in [0.15, 0.2) is 24.5 Å². The lowest BCUT2D eigenvalue weighted by atomic mass is 10.2. The fraction of sp³-hybridized carbons (Fsp3) is 0.235. The number of carbonyl (C=O) groups excluding carboxylic acids is 1. The number of aryl methyl sites for hydroxylation is 2. The number of phenols is 1. The minimum atomic E-state index is -0.294. The van der Waals surface area contributed by atoms with Crippen LogP contribution in [0, 0.1) is 13.8 Å². The summed E-state index contributed by atoms with van der Waals surface area (Å²) < 4.78 is 5.53. The SMILES string of the molecule is CCOc1ncnc2sc(C(=O)Nc3ccc(C)cc3O)c(C)c12. The first-order chi connectivity index (χ1) is 11.5. The minimum Gasteiger partial charge on any atom is -0.506 e. The maximum atomic E-state index is 12.6. The number of thiophene rings is 1. The molecule has 0 aliphatic rings. The van der Waals surface area contributed by atoms with Gasteiger partial charge in [0.1, 0.15) is 16.9 Å². The highest BCUT2D eigenvalue weighted by Crippen LogP contribution is 2.35. The van der Waals surface area contributed by atoms with E-state index in [0.717, 1.165) is 16.5 Å². The third-order valence-electron chi connectivity index (χ3n) is 3.58. The van der Waals surface area contributed by atoms with E-state index in [-0.39, 0.29) is 11.7 Å². The number of aromatic nitrogens is 2. The number of hydrogen-bond acceptors (Lipinski definition) is 6. The third-order valence-corrected chi connectivity index (χ3v) is 4.78. The molecule has 0 radical (unpaired) electrons. The first kappa shape index (κ1) is 16.2. The van der Waals surface area contributed by atoms with E-state index in [1.165, 1.54) is 17.7 Å². The van der Waals surface area contributed by atoms with Gasteiger partial charge in [0.05, 0.1) is 22.6 Å². The van der Waals surface area contributed by atoms with Gasteiger partial charge in [0.15, 0.2) is 0 Å². The Morgan fingerprint density at radius 2 is 2.12 bits per heavy atom. The van der Waals surface area contributed by atoms with E-state index in [1.54, 1.807) is 12.1 Å². The number of carbonyl (C=O) groups is 1. The summed E-state index contributed by atoms with van der Waals surface area (Å²) in [6.07, 6.45) is 1.43. The molecule has 0 spiro atoms. The normalized spacial score (nSPS) is 10.8. The van der Waals surface area contributed by atoms with Crippen LogP contribution >= 0.6 is 11.3 Å². The van der Waals surface area contributed by atoms with Crippen molar-refractivity contribution in [1.82, 2.24) is 9.97 Å². The lowest BCUT2D eigenvalue weighted by molar-refractivity contribution is 0.102. The van der Waals surface area contributed by atoms with Gasteiger partial charge in [-0.1, -0.05) is 6.07 Å². The van der Waals surface area contributed by atoms with Crippen molar-refractivity contribution >= 4 is 33.1 Å². The molecule has 0 aliphatic heterocycles. The average molecular weight is 343 g/mol. The number of hydrogen-bond donors (Lipinski definition) is 2. The molecule has 2 heterocycles. The van der Waals surface area contributed by atoms with Crippen molar-refractivity contribution < 1.29 is 14.6 Å². The van der Waals surface area contributed by atoms with Crippen molar-refractivity contribution in [3.63, 3.8) is 0 Å². The van der Waals surface area contributed by atoms with E-state index in [0.29, 0.717) is 27.9 Å². The molecule has 1 aromatic carbocycles. The topological polar surface area (TPSA) is 84.3 Å². The van der Waals surface area contributed by atoms with Crippen molar-refractivity contribution in [2.45, 2.75) is 20.8 Å². The Balaban J connectivity index is 1.98. The molecule has 0 bridgehead atoms. The van der Waals surface area contributed by atoms with Crippen molar-refractivity contribution in [2.75, 3.05) is 11.9 Å². The van der Waals surface area contributed by atoms with E-state index in [2.05, 4.69) is 15.3 Å². The number of amides is 1. The summed E-state index contributed by atoms with van der Waals surface area (Å²) in [5.74, 6) is 0.225. The molecule has 0 aliphatic carbocycles. The number of anilines is 1. The van der Waals surface area contributed by atoms with Crippen LogP contribution in [0.2, 0.25) is 0 Å². The predicted octanol–water partition coefficient (Wildman–Crippen LogP) is 3.66. The molecule has 0 unspecified atom stereocenters. The zero-order valence-electron chi connectivity index (χ0n) is 13.6. The lowest BCUT2D eigenvalue weighted by Crippen LogP contribution is -2.11. The van der Waals surface area contributed by atoms with Gasteiger partial charge in [-0.3, -0.25) is 4.79 Å². The number of rotatable bonds is 4. The number of nitrogens with one attached hydrogen (secondary N) is 1. The van der Waals surface area contributed by atoms with Gasteiger partial charge < -0.3 is 15.2 Å². The maximum Gasteiger partial charge on any atom is 0.266 e. The van der Waals surface area contributed by atoms with Crippen LogP contribution in [0.5, 0.6) is 11.6 Å². The van der Waals surface area contributed by atoms with Crippen LogP contribution in [0.25, 0.3) is 10.2 Å². The van der Waals surface area contributed by atoms with Crippen LogP contribution in [0.1, 0.15) is 27.7 Å². The van der Waals surface area contributed by atoms with Crippen molar-refractivity contribution in [3.05, 3.63) is 40.5 Å². The number of benzene rings is 1. The zero-order valence-corrected chi connectivity index (χ0v) is 14.4. The Bertz CT molecular complexity index is 921. The smallest absolute Gasteiger partial charge is 0.266 e. The maximum absolute atomic E-state index is 12.6. The summed E-state index contributed by atoms with van der Waals surface area (Å²) in [4.78, 5) is 22.2. The van der Waals surface area contributed by atoms with Gasteiger partial charge >= 0.3 is 0 Å². The van der Waals surface area contributed by atoms with Crippen LogP contribution in [0.3, 0.4) is 0 Å². The van der Waals surface area contributed by atoms with Gasteiger partial charge in [0.25, 0.3) is 5.91 Å². The molecule has 0 fully saturated rings. The summed E-state index contributed by atoms with van der Waals surface area (Å²) in [6, 6.07) is 5.11. The second-order valence-electron chi connectivity index (χ2n) is 5.32. The van der Waals surface area contributed by atoms with Crippen LogP contribution in [-0.4, -0.2) is 27.6 Å². The third kappa shape index (κ3) is 2.90. The molecule has 0 atom stereocenters. The molecule has 3 rings (SSSR count). The number of phenolic OH excluding ortho intramolecular Hbond substituents is 1. The average Bonchev–Trinajstić information content (AvgIpc) is 2.88. The number of ether oxygens (including phenoxy) is 1. The van der Waals surface area contributed by atoms with Crippen LogP contribution < -0.4 is 10.1 Å². The second kappa shape index (κ2) is 6.45. The molecule has 0 saturated heterocycles. The van der Waals surface area contributed by atoms with E-state index >= 15 is 0 Å². The highest BCUT2D eigenvalue weighted by Gasteiger charge is 2.20. The van der Waals surface area contributed by atoms with Gasteiger partial charge in [0, 0.05) is 0 Å². The molecule has 3 aromatic rings. The second-order valence-corrected chi connectivity index (χ2v) is 6.32. The summed E-state index contributed by atoms with van der Waals surface area (Å²) >= 11 is 1.28. The molecular weight excluding hydrogens is 326 g/mol. The number of nitrogens with zero attached hydrogens (tertiary/aromatic N) is 2. The predicted molar refractivity (Wildman–Crippen MR) is 94.1 cm³/mol. The summed E-state index contributed by atoms with van der Waals surface area (Å²) in [5, 5.41) is 13.4. The fourth-order valence-electron chi connectivity index (χ4n) is 2.43. The van der Waals surface area contributed by atoms with E-state index < -0.39 is 0 Å². The standard InChI is InChI=1S/C17H17N3O3S/c1-4-23-16-13-10(3)14(24-17(13)19-8-18-16)15(22)20-11-6-5-9(2)7-12(11)21/h5-8,21H,4H2,1-3H3,(H,20,22). The fourth-order valence-corrected chi connectivity index (χ4v) is 3.46. The number of fused-ring (bicyclic) bond motifs is 1. The molecule has 1 amide bonds. The van der Waals surface area contributed by atoms with Gasteiger partial charge in [-0.2, -0.15) is 0 Å². The van der Waals surface area contributed by atoms with Gasteiger partial charge in [0.2, 0.25) is 5.88 Å². The van der Waals surface area contributed by atoms with Gasteiger partial charge in [-0.15, -0.1) is 11.3 Å². The van der Waals surface area contributed by atoms with Crippen molar-refractivity contribution in [2.24, 2.45) is 0 Å². The van der Waals surface area contributed by atoms with Crippen LogP contribution in [-0.2, 0) is 0 Å². The quantitative estimate of drug-likeness (QED) is 0.706. The highest BCUT2D eigenvalue weighted by atomic mass is 32.1. The zero-order chi connectivity index (χ0) is 17.3. The first-order valence-electron chi connectivity index (χ1n) is 7.49. The minimum absolute atomic E-state index is 0.0388. The van der Waals surface area contributed by atoms with E-state index in [4.69, 9.17) is 4.74 Å². The molecule has 0 saturated carbocycles. The molecule has 7 heteroatoms. The summed E-state index contributed by atoms with van der Waals surface area (Å²) in [5.41, 5.74) is 2.06. The Kier molecular flexibility index (Phi) is 4.35. The Morgan fingerprint density at radius 3 is 2.83 bits per heavy atom. The molecular formula is C17H17N3O3S. The van der Waals surface area contributed by atoms with Crippen molar-refractivity contribution in [3.8, 4) is 11.6 Å². The monoisotopic (exact) mass is 343 g/mol.